The first kappa shape index (κ1) is 16.0. The van der Waals surface area contributed by atoms with Gasteiger partial charge < -0.3 is 19.2 Å². The van der Waals surface area contributed by atoms with Crippen LogP contribution in [0, 0.1) is 6.92 Å². The zero-order chi connectivity index (χ0) is 15.9. The summed E-state index contributed by atoms with van der Waals surface area (Å²) in [4.78, 5) is 18.0. The lowest BCUT2D eigenvalue weighted by atomic mass is 10.3. The van der Waals surface area contributed by atoms with Gasteiger partial charge >= 0.3 is 0 Å². The third-order valence-corrected chi connectivity index (χ3v) is 3.11. The lowest BCUT2D eigenvalue weighted by molar-refractivity contribution is -0.139. The Balaban J connectivity index is 2.01. The molecule has 1 atom stereocenters. The fourth-order valence-electron chi connectivity index (χ4n) is 2.05. The van der Waals surface area contributed by atoms with Crippen LogP contribution < -0.4 is 4.74 Å². The molecule has 2 heterocycles. The van der Waals surface area contributed by atoms with E-state index < -0.39 is 6.10 Å². The zero-order valence-electron chi connectivity index (χ0n) is 12.7. The highest BCUT2D eigenvalue weighted by molar-refractivity contribution is 5.80. The van der Waals surface area contributed by atoms with Crippen molar-refractivity contribution in [2.24, 2.45) is 0 Å². The molecule has 1 amide bonds. The summed E-state index contributed by atoms with van der Waals surface area (Å²) >= 11 is 0. The van der Waals surface area contributed by atoms with Gasteiger partial charge in [-0.15, -0.1) is 0 Å². The molecule has 0 aliphatic carbocycles. The summed E-state index contributed by atoms with van der Waals surface area (Å²) in [6, 6.07) is 8.91. The number of nitrogens with zero attached hydrogens (tertiary/aromatic N) is 2. The molecule has 6 nitrogen and oxygen atoms in total. The van der Waals surface area contributed by atoms with Crippen molar-refractivity contribution in [2.75, 3.05) is 13.2 Å². The minimum Gasteiger partial charge on any atom is -0.465 e. The van der Waals surface area contributed by atoms with Crippen molar-refractivity contribution in [3.63, 3.8) is 0 Å². The Bertz CT molecular complexity index is 597. The van der Waals surface area contributed by atoms with Crippen LogP contribution >= 0.6 is 0 Å². The molecule has 2 aromatic rings. The molecule has 2 aromatic heterocycles. The number of furan rings is 1. The quantitative estimate of drug-likeness (QED) is 0.843. The molecule has 22 heavy (non-hydrogen) atoms. The average Bonchev–Trinajstić information content (AvgIpc) is 2.92. The summed E-state index contributed by atoms with van der Waals surface area (Å²) < 4.78 is 11.0. The zero-order valence-corrected chi connectivity index (χ0v) is 12.7. The van der Waals surface area contributed by atoms with Gasteiger partial charge in [-0.2, -0.15) is 0 Å². The van der Waals surface area contributed by atoms with E-state index in [1.807, 2.05) is 19.1 Å². The van der Waals surface area contributed by atoms with Crippen LogP contribution in [-0.4, -0.2) is 40.2 Å². The van der Waals surface area contributed by atoms with Gasteiger partial charge in [0, 0.05) is 18.8 Å². The molecule has 0 bridgehead atoms. The summed E-state index contributed by atoms with van der Waals surface area (Å²) in [5.41, 5.74) is 0. The fraction of sp³-hybridized carbons (Fsp3) is 0.375. The molecule has 0 spiro atoms. The number of hydrogen-bond donors (Lipinski definition) is 1. The van der Waals surface area contributed by atoms with Gasteiger partial charge in [-0.25, -0.2) is 4.98 Å². The van der Waals surface area contributed by atoms with E-state index in [4.69, 9.17) is 14.3 Å². The molecule has 2 rings (SSSR count). The Morgan fingerprint density at radius 3 is 2.82 bits per heavy atom. The fourth-order valence-corrected chi connectivity index (χ4v) is 2.05. The normalized spacial score (nSPS) is 12.0. The van der Waals surface area contributed by atoms with E-state index in [2.05, 4.69) is 4.98 Å². The van der Waals surface area contributed by atoms with E-state index in [0.29, 0.717) is 18.2 Å². The van der Waals surface area contributed by atoms with E-state index in [1.54, 1.807) is 31.3 Å². The minimum absolute atomic E-state index is 0.123. The Hall–Kier alpha value is -2.34. The molecule has 0 aliphatic rings. The standard InChI is InChI=1S/C16H20N2O4/c1-12-6-7-14(21-12)11-18(9-10-19)16(20)13(2)22-15-5-3-4-8-17-15/h3-8,13,19H,9-11H2,1-2H3. The van der Waals surface area contributed by atoms with Crippen molar-refractivity contribution in [1.82, 2.24) is 9.88 Å². The maximum absolute atomic E-state index is 12.5. The molecule has 0 fully saturated rings. The molecule has 6 heteroatoms. The van der Waals surface area contributed by atoms with Crippen LogP contribution in [0.15, 0.2) is 40.9 Å². The molecule has 1 N–H and O–H groups in total. The number of aromatic nitrogens is 1. The second-order valence-corrected chi connectivity index (χ2v) is 4.92. The smallest absolute Gasteiger partial charge is 0.263 e. The second kappa shape index (κ2) is 7.61. The van der Waals surface area contributed by atoms with Crippen LogP contribution in [0.4, 0.5) is 0 Å². The number of amides is 1. The summed E-state index contributed by atoms with van der Waals surface area (Å²) in [6.07, 6.45) is 0.904. The number of rotatable bonds is 7. The Labute approximate surface area is 129 Å². The van der Waals surface area contributed by atoms with Gasteiger partial charge in [-0.05, 0) is 32.0 Å². The van der Waals surface area contributed by atoms with Crippen molar-refractivity contribution >= 4 is 5.91 Å². The largest absolute Gasteiger partial charge is 0.465 e. The highest BCUT2D eigenvalue weighted by atomic mass is 16.5. The monoisotopic (exact) mass is 304 g/mol. The number of hydrogen-bond acceptors (Lipinski definition) is 5. The first-order chi connectivity index (χ1) is 10.6. The van der Waals surface area contributed by atoms with E-state index in [-0.39, 0.29) is 19.1 Å². The van der Waals surface area contributed by atoms with Crippen LogP contribution in [0.25, 0.3) is 0 Å². The van der Waals surface area contributed by atoms with Crippen LogP contribution in [0.1, 0.15) is 18.4 Å². The van der Waals surface area contributed by atoms with E-state index in [1.165, 1.54) is 4.90 Å². The Morgan fingerprint density at radius 1 is 1.41 bits per heavy atom. The predicted octanol–water partition coefficient (Wildman–Crippen LogP) is 1.77. The second-order valence-electron chi connectivity index (χ2n) is 4.92. The number of carbonyl (C=O) groups excluding carboxylic acids is 1. The van der Waals surface area contributed by atoms with Crippen molar-refractivity contribution < 1.29 is 19.1 Å². The van der Waals surface area contributed by atoms with Crippen molar-refractivity contribution in [3.8, 4) is 5.88 Å². The van der Waals surface area contributed by atoms with Gasteiger partial charge in [-0.1, -0.05) is 6.07 Å². The molecule has 0 saturated carbocycles. The molecule has 0 aliphatic heterocycles. The number of aryl methyl sites for hydroxylation is 1. The van der Waals surface area contributed by atoms with Crippen LogP contribution in [0.3, 0.4) is 0 Å². The van der Waals surface area contributed by atoms with E-state index >= 15 is 0 Å². The van der Waals surface area contributed by atoms with E-state index in [9.17, 15) is 4.79 Å². The Morgan fingerprint density at radius 2 is 2.23 bits per heavy atom. The molecule has 0 aromatic carbocycles. The van der Waals surface area contributed by atoms with Crippen LogP contribution in [0.5, 0.6) is 5.88 Å². The van der Waals surface area contributed by atoms with Crippen molar-refractivity contribution in [2.45, 2.75) is 26.5 Å². The van der Waals surface area contributed by atoms with Gasteiger partial charge in [-0.3, -0.25) is 4.79 Å². The molecular formula is C16H20N2O4. The van der Waals surface area contributed by atoms with Crippen LogP contribution in [-0.2, 0) is 11.3 Å². The SMILES string of the molecule is Cc1ccc(CN(CCO)C(=O)C(C)Oc2ccccn2)o1. The molecule has 1 unspecified atom stereocenters. The van der Waals surface area contributed by atoms with Gasteiger partial charge in [0.2, 0.25) is 5.88 Å². The first-order valence-electron chi connectivity index (χ1n) is 7.13. The summed E-state index contributed by atoms with van der Waals surface area (Å²) in [7, 11) is 0. The molecule has 118 valence electrons. The number of carbonyl (C=O) groups is 1. The maximum Gasteiger partial charge on any atom is 0.263 e. The van der Waals surface area contributed by atoms with Crippen LogP contribution in [0.2, 0.25) is 0 Å². The average molecular weight is 304 g/mol. The molecular weight excluding hydrogens is 284 g/mol. The van der Waals surface area contributed by atoms with Gasteiger partial charge in [0.05, 0.1) is 13.2 Å². The summed E-state index contributed by atoms with van der Waals surface area (Å²) in [5.74, 6) is 1.61. The predicted molar refractivity (Wildman–Crippen MR) is 80.3 cm³/mol. The number of pyridine rings is 1. The molecule has 0 radical (unpaired) electrons. The lowest BCUT2D eigenvalue weighted by Crippen LogP contribution is -2.41. The third kappa shape index (κ3) is 4.33. The van der Waals surface area contributed by atoms with Gasteiger partial charge in [0.1, 0.15) is 11.5 Å². The van der Waals surface area contributed by atoms with Gasteiger partial charge in [0.25, 0.3) is 5.91 Å². The third-order valence-electron chi connectivity index (χ3n) is 3.11. The molecule has 0 saturated heterocycles. The first-order valence-corrected chi connectivity index (χ1v) is 7.13. The highest BCUT2D eigenvalue weighted by Gasteiger charge is 2.23. The van der Waals surface area contributed by atoms with Gasteiger partial charge in [0.15, 0.2) is 6.10 Å². The minimum atomic E-state index is -0.697. The Kier molecular flexibility index (Phi) is 5.55. The van der Waals surface area contributed by atoms with Crippen molar-refractivity contribution in [1.29, 1.82) is 0 Å². The topological polar surface area (TPSA) is 75.8 Å². The number of aliphatic hydroxyl groups is 1. The summed E-state index contributed by atoms with van der Waals surface area (Å²) in [5, 5.41) is 9.16. The highest BCUT2D eigenvalue weighted by Crippen LogP contribution is 2.13. The number of ether oxygens (including phenoxy) is 1. The number of aliphatic hydroxyl groups excluding tert-OH is 1. The lowest BCUT2D eigenvalue weighted by Gasteiger charge is -2.24. The maximum atomic E-state index is 12.5. The summed E-state index contributed by atoms with van der Waals surface area (Å²) in [6.45, 7) is 3.89. The van der Waals surface area contributed by atoms with Crippen molar-refractivity contribution in [3.05, 3.63) is 48.0 Å². The van der Waals surface area contributed by atoms with E-state index in [0.717, 1.165) is 5.76 Å².